The predicted octanol–water partition coefficient (Wildman–Crippen LogP) is 4.20. The molecule has 1 saturated carbocycles. The van der Waals surface area contributed by atoms with Crippen molar-refractivity contribution in [2.45, 2.75) is 38.2 Å². The molecule has 0 bridgehead atoms. The third kappa shape index (κ3) is 7.72. The molecule has 0 spiro atoms. The van der Waals surface area contributed by atoms with E-state index in [1.807, 2.05) is 0 Å². The number of amides is 4. The van der Waals surface area contributed by atoms with E-state index in [0.29, 0.717) is 0 Å². The van der Waals surface area contributed by atoms with E-state index in [1.54, 1.807) is 0 Å². The first-order valence-corrected chi connectivity index (χ1v) is 14.2. The smallest absolute Gasteiger partial charge is 0.251 e. The minimum Gasteiger partial charge on any atom is -0.366 e. The highest BCUT2D eigenvalue weighted by atomic mass is 19.2. The zero-order chi connectivity index (χ0) is 34.6. The van der Waals surface area contributed by atoms with Gasteiger partial charge in [0.1, 0.15) is 30.5 Å². The van der Waals surface area contributed by atoms with Crippen molar-refractivity contribution in [3.8, 4) is 0 Å². The van der Waals surface area contributed by atoms with Gasteiger partial charge >= 0.3 is 0 Å². The van der Waals surface area contributed by atoms with Crippen LogP contribution in [-0.4, -0.2) is 61.4 Å². The number of rotatable bonds is 10. The Labute approximate surface area is 263 Å². The van der Waals surface area contributed by atoms with Gasteiger partial charge < -0.3 is 21.7 Å². The number of nitrogens with one attached hydrogen (secondary N) is 3. The molecule has 0 radical (unpaired) electrons. The molecule has 3 aromatic rings. The largest absolute Gasteiger partial charge is 0.366 e. The monoisotopic (exact) mass is 666 g/mol. The Morgan fingerprint density at radius 3 is 1.49 bits per heavy atom. The molecule has 4 rings (SSSR count). The predicted molar refractivity (Wildman–Crippen MR) is 155 cm³/mol. The number of hydrogen-bond acceptors (Lipinski definition) is 4. The van der Waals surface area contributed by atoms with Gasteiger partial charge in [-0.3, -0.25) is 19.2 Å². The molecule has 1 fully saturated rings. The molecule has 1 aliphatic carbocycles. The summed E-state index contributed by atoms with van der Waals surface area (Å²) in [6.45, 7) is -1.15. The standard InChI is InChI=1S/C32H29F7N4O4/c1-14-8-22(33)19(24(35)23(14)34)11-41-31(46)17-6-3-7-18(10-17)32(47)43-13-21-27(38)25(36)20(26(37)28(21)39)12-42-30(45)16-5-2-4-15(9-16)29(40)44/h2-10,20-21,25-28H,11-13H2,1H3,(H2,40,44)(H,41,46)(H,42,45)(H,43,47)/t20?,21?,25-,26+,27+,28-. The van der Waals surface area contributed by atoms with Crippen LogP contribution in [0, 0.1) is 36.2 Å². The average Bonchev–Trinajstić information content (AvgIpc) is 3.06. The van der Waals surface area contributed by atoms with Gasteiger partial charge in [0.05, 0.1) is 0 Å². The molecule has 6 atom stereocenters. The molecule has 0 heterocycles. The molecule has 47 heavy (non-hydrogen) atoms. The van der Waals surface area contributed by atoms with Crippen LogP contribution in [-0.2, 0) is 6.54 Å². The van der Waals surface area contributed by atoms with Crippen LogP contribution in [0.3, 0.4) is 0 Å². The first-order chi connectivity index (χ1) is 22.2. The Bertz CT molecular complexity index is 1680. The second-order valence-corrected chi connectivity index (χ2v) is 11.0. The maximum absolute atomic E-state index is 15.0. The van der Waals surface area contributed by atoms with E-state index in [4.69, 9.17) is 5.73 Å². The molecular weight excluding hydrogens is 637 g/mol. The summed E-state index contributed by atoms with van der Waals surface area (Å²) in [6, 6.07) is 10.7. The Balaban J connectivity index is 1.34. The van der Waals surface area contributed by atoms with Crippen molar-refractivity contribution in [3.63, 3.8) is 0 Å². The fraction of sp³-hybridized carbons (Fsp3) is 0.312. The number of carbonyl (C=O) groups excluding carboxylic acids is 4. The number of alkyl halides is 4. The summed E-state index contributed by atoms with van der Waals surface area (Å²) in [7, 11) is 0. The molecular formula is C32H29F7N4O4. The fourth-order valence-corrected chi connectivity index (χ4v) is 5.17. The number of carbonyl (C=O) groups is 4. The molecule has 1 aliphatic rings. The minimum atomic E-state index is -2.57. The normalized spacial score (nSPS) is 22.3. The number of primary amides is 1. The lowest BCUT2D eigenvalue weighted by Crippen LogP contribution is -2.57. The molecule has 5 N–H and O–H groups in total. The SMILES string of the molecule is Cc1cc(F)c(CNC(=O)c2cccc(C(=O)NCC3[C@@H](F)[C@@H](F)C(CNC(=O)c4cccc(C(N)=O)c4)[C@@H](F)[C@H]3F)c2)c(F)c1F. The zero-order valence-electron chi connectivity index (χ0n) is 24.6. The van der Waals surface area contributed by atoms with Crippen LogP contribution >= 0.6 is 0 Å². The van der Waals surface area contributed by atoms with Gasteiger partial charge in [-0.25, -0.2) is 30.7 Å². The highest BCUT2D eigenvalue weighted by Crippen LogP contribution is 2.37. The highest BCUT2D eigenvalue weighted by Gasteiger charge is 2.52. The van der Waals surface area contributed by atoms with Crippen LogP contribution in [0.15, 0.2) is 54.6 Å². The minimum absolute atomic E-state index is 0.00104. The molecule has 8 nitrogen and oxygen atoms in total. The summed E-state index contributed by atoms with van der Waals surface area (Å²) in [5, 5.41) is 6.60. The number of halogens is 7. The van der Waals surface area contributed by atoms with Crippen LogP contribution in [0.25, 0.3) is 0 Å². The van der Waals surface area contributed by atoms with E-state index < -0.39 is 103 Å². The van der Waals surface area contributed by atoms with Gasteiger partial charge in [0.15, 0.2) is 11.6 Å². The molecule has 15 heteroatoms. The fourth-order valence-electron chi connectivity index (χ4n) is 5.17. The second kappa shape index (κ2) is 14.6. The first-order valence-electron chi connectivity index (χ1n) is 14.2. The lowest BCUT2D eigenvalue weighted by atomic mass is 9.76. The topological polar surface area (TPSA) is 130 Å². The van der Waals surface area contributed by atoms with E-state index in [0.717, 1.165) is 18.2 Å². The Kier molecular flexibility index (Phi) is 10.9. The Morgan fingerprint density at radius 2 is 1.04 bits per heavy atom. The summed E-state index contributed by atoms with van der Waals surface area (Å²) >= 11 is 0. The summed E-state index contributed by atoms with van der Waals surface area (Å²) in [5.41, 5.74) is 3.77. The molecule has 0 aromatic heterocycles. The van der Waals surface area contributed by atoms with Gasteiger partial charge in [0, 0.05) is 59.3 Å². The molecule has 4 amide bonds. The van der Waals surface area contributed by atoms with Crippen molar-refractivity contribution in [1.82, 2.24) is 16.0 Å². The number of hydrogen-bond donors (Lipinski definition) is 4. The molecule has 250 valence electrons. The summed E-state index contributed by atoms with van der Waals surface area (Å²) in [4.78, 5) is 49.0. The van der Waals surface area contributed by atoms with Crippen molar-refractivity contribution >= 4 is 23.6 Å². The molecule has 3 aromatic carbocycles. The highest BCUT2D eigenvalue weighted by molar-refractivity contribution is 6.00. The number of nitrogens with two attached hydrogens (primary N) is 1. The third-order valence-electron chi connectivity index (χ3n) is 7.90. The lowest BCUT2D eigenvalue weighted by molar-refractivity contribution is -0.0752. The van der Waals surface area contributed by atoms with E-state index in [9.17, 15) is 41.1 Å². The van der Waals surface area contributed by atoms with Crippen molar-refractivity contribution < 1.29 is 49.9 Å². The third-order valence-corrected chi connectivity index (χ3v) is 7.90. The summed E-state index contributed by atoms with van der Waals surface area (Å²) in [5.74, 6) is -11.2. The van der Waals surface area contributed by atoms with Crippen molar-refractivity contribution in [2.24, 2.45) is 17.6 Å². The van der Waals surface area contributed by atoms with Gasteiger partial charge in [-0.15, -0.1) is 0 Å². The van der Waals surface area contributed by atoms with Crippen LogP contribution < -0.4 is 21.7 Å². The second-order valence-electron chi connectivity index (χ2n) is 11.0. The molecule has 0 aliphatic heterocycles. The van der Waals surface area contributed by atoms with Gasteiger partial charge in [-0.1, -0.05) is 12.1 Å². The molecule has 2 unspecified atom stereocenters. The van der Waals surface area contributed by atoms with Crippen LogP contribution in [0.4, 0.5) is 30.7 Å². The maximum Gasteiger partial charge on any atom is 0.251 e. The Hall–Kier alpha value is -4.95. The van der Waals surface area contributed by atoms with Crippen LogP contribution in [0.2, 0.25) is 0 Å². The van der Waals surface area contributed by atoms with Gasteiger partial charge in [-0.05, 0) is 55.0 Å². The van der Waals surface area contributed by atoms with Crippen LogP contribution in [0.1, 0.15) is 52.6 Å². The molecule has 0 saturated heterocycles. The van der Waals surface area contributed by atoms with Gasteiger partial charge in [0.25, 0.3) is 17.7 Å². The van der Waals surface area contributed by atoms with Gasteiger partial charge in [0.2, 0.25) is 5.91 Å². The van der Waals surface area contributed by atoms with E-state index in [2.05, 4.69) is 16.0 Å². The van der Waals surface area contributed by atoms with Crippen molar-refractivity contribution in [3.05, 3.63) is 105 Å². The number of aryl methyl sites for hydroxylation is 1. The van der Waals surface area contributed by atoms with Crippen molar-refractivity contribution in [2.75, 3.05) is 13.1 Å². The number of benzene rings is 3. The van der Waals surface area contributed by atoms with E-state index >= 15 is 8.78 Å². The summed E-state index contributed by atoms with van der Waals surface area (Å²) in [6.07, 6.45) is -10.2. The van der Waals surface area contributed by atoms with Gasteiger partial charge in [-0.2, -0.15) is 0 Å². The van der Waals surface area contributed by atoms with E-state index in [-0.39, 0.29) is 27.8 Å². The van der Waals surface area contributed by atoms with Crippen molar-refractivity contribution in [1.29, 1.82) is 0 Å². The van der Waals surface area contributed by atoms with E-state index in [1.165, 1.54) is 43.3 Å². The zero-order valence-corrected chi connectivity index (χ0v) is 24.6. The summed E-state index contributed by atoms with van der Waals surface area (Å²) < 4.78 is 102. The maximum atomic E-state index is 15.0. The first kappa shape index (κ1) is 34.9. The Morgan fingerprint density at radius 1 is 0.638 bits per heavy atom. The van der Waals surface area contributed by atoms with Crippen LogP contribution in [0.5, 0.6) is 0 Å². The average molecular weight is 667 g/mol. The lowest BCUT2D eigenvalue weighted by Gasteiger charge is -2.39. The quantitative estimate of drug-likeness (QED) is 0.191.